The standard InChI is InChI=1S/C15H18BrNO2/c1-9-8-12-11(13(16)10(9)2)6-7-17(12)14(18)19-15(3,4)5/h6-8H,1-5H3. The van der Waals surface area contributed by atoms with Crippen LogP contribution in [-0.4, -0.2) is 16.3 Å². The van der Waals surface area contributed by atoms with E-state index in [9.17, 15) is 4.79 Å². The summed E-state index contributed by atoms with van der Waals surface area (Å²) in [6.45, 7) is 9.68. The van der Waals surface area contributed by atoms with Gasteiger partial charge in [0.2, 0.25) is 0 Å². The molecule has 0 radical (unpaired) electrons. The molecule has 4 heteroatoms. The van der Waals surface area contributed by atoms with Crippen LogP contribution in [0.25, 0.3) is 10.9 Å². The SMILES string of the molecule is Cc1cc2c(ccn2C(=O)OC(C)(C)C)c(Br)c1C. The van der Waals surface area contributed by atoms with Crippen LogP contribution in [0, 0.1) is 13.8 Å². The number of aryl methyl sites for hydroxylation is 1. The fraction of sp³-hybridized carbons (Fsp3) is 0.400. The average molecular weight is 324 g/mol. The third-order valence-electron chi connectivity index (χ3n) is 3.03. The molecule has 1 aromatic heterocycles. The van der Waals surface area contributed by atoms with Crippen molar-refractivity contribution in [1.29, 1.82) is 0 Å². The van der Waals surface area contributed by atoms with Gasteiger partial charge in [0.25, 0.3) is 0 Å². The van der Waals surface area contributed by atoms with Gasteiger partial charge in [-0.15, -0.1) is 0 Å². The molecule has 0 amide bonds. The molecule has 2 aromatic rings. The number of rotatable bonds is 0. The second kappa shape index (κ2) is 4.67. The van der Waals surface area contributed by atoms with Crippen LogP contribution >= 0.6 is 15.9 Å². The molecule has 0 spiro atoms. The summed E-state index contributed by atoms with van der Waals surface area (Å²) in [5.41, 5.74) is 2.70. The van der Waals surface area contributed by atoms with Crippen molar-refractivity contribution in [2.24, 2.45) is 0 Å². The van der Waals surface area contributed by atoms with Gasteiger partial charge in [0.15, 0.2) is 0 Å². The van der Waals surface area contributed by atoms with Gasteiger partial charge in [-0.1, -0.05) is 0 Å². The van der Waals surface area contributed by atoms with Crippen LogP contribution in [0.4, 0.5) is 4.79 Å². The van der Waals surface area contributed by atoms with Gasteiger partial charge in [-0.2, -0.15) is 0 Å². The summed E-state index contributed by atoms with van der Waals surface area (Å²) in [4.78, 5) is 12.2. The maximum Gasteiger partial charge on any atom is 0.418 e. The molecular weight excluding hydrogens is 306 g/mol. The number of hydrogen-bond acceptors (Lipinski definition) is 2. The van der Waals surface area contributed by atoms with Crippen LogP contribution in [0.1, 0.15) is 31.9 Å². The molecule has 1 aromatic carbocycles. The minimum Gasteiger partial charge on any atom is -0.443 e. The van der Waals surface area contributed by atoms with Crippen LogP contribution in [0.2, 0.25) is 0 Å². The first-order chi connectivity index (χ1) is 8.70. The van der Waals surface area contributed by atoms with Crippen LogP contribution in [0.5, 0.6) is 0 Å². The van der Waals surface area contributed by atoms with Gasteiger partial charge < -0.3 is 4.74 Å². The Hall–Kier alpha value is -1.29. The van der Waals surface area contributed by atoms with Crippen molar-refractivity contribution in [3.05, 3.63) is 33.9 Å². The first-order valence-corrected chi connectivity index (χ1v) is 7.00. The predicted octanol–water partition coefficient (Wildman–Crippen LogP) is 4.80. The molecule has 2 rings (SSSR count). The Bertz CT molecular complexity index is 650. The Morgan fingerprint density at radius 1 is 1.32 bits per heavy atom. The smallest absolute Gasteiger partial charge is 0.418 e. The highest BCUT2D eigenvalue weighted by molar-refractivity contribution is 9.10. The molecular formula is C15H18BrNO2. The number of aromatic nitrogens is 1. The van der Waals surface area contributed by atoms with Gasteiger partial charge in [0.1, 0.15) is 5.60 Å². The Kier molecular flexibility index (Phi) is 3.47. The van der Waals surface area contributed by atoms with Crippen molar-refractivity contribution in [3.63, 3.8) is 0 Å². The van der Waals surface area contributed by atoms with Crippen LogP contribution in [0.3, 0.4) is 0 Å². The Labute approximate surface area is 121 Å². The van der Waals surface area contributed by atoms with E-state index in [0.29, 0.717) is 0 Å². The number of ether oxygens (including phenoxy) is 1. The summed E-state index contributed by atoms with van der Waals surface area (Å²) in [7, 11) is 0. The van der Waals surface area contributed by atoms with E-state index >= 15 is 0 Å². The number of carbonyl (C=O) groups excluding carboxylic acids is 1. The van der Waals surface area contributed by atoms with E-state index in [1.165, 1.54) is 5.56 Å². The molecule has 0 aliphatic heterocycles. The van der Waals surface area contributed by atoms with E-state index in [-0.39, 0.29) is 6.09 Å². The molecule has 0 atom stereocenters. The zero-order chi connectivity index (χ0) is 14.4. The van der Waals surface area contributed by atoms with E-state index in [1.54, 1.807) is 10.8 Å². The molecule has 0 aliphatic rings. The first kappa shape index (κ1) is 14.1. The van der Waals surface area contributed by atoms with Crippen molar-refractivity contribution in [2.45, 2.75) is 40.2 Å². The van der Waals surface area contributed by atoms with E-state index in [4.69, 9.17) is 4.74 Å². The highest BCUT2D eigenvalue weighted by Crippen LogP contribution is 2.31. The zero-order valence-electron chi connectivity index (χ0n) is 11.9. The molecule has 3 nitrogen and oxygen atoms in total. The summed E-state index contributed by atoms with van der Waals surface area (Å²) in [6.07, 6.45) is 1.40. The zero-order valence-corrected chi connectivity index (χ0v) is 13.5. The van der Waals surface area contributed by atoms with Gasteiger partial charge in [-0.3, -0.25) is 4.57 Å². The maximum absolute atomic E-state index is 12.2. The van der Waals surface area contributed by atoms with Crippen LogP contribution in [-0.2, 0) is 4.74 Å². The molecule has 0 unspecified atom stereocenters. The fourth-order valence-corrected chi connectivity index (χ4v) is 2.58. The Morgan fingerprint density at radius 2 is 1.95 bits per heavy atom. The Morgan fingerprint density at radius 3 is 2.53 bits per heavy atom. The number of nitrogens with zero attached hydrogens (tertiary/aromatic N) is 1. The summed E-state index contributed by atoms with van der Waals surface area (Å²) in [5, 5.41) is 1.02. The lowest BCUT2D eigenvalue weighted by atomic mass is 10.1. The summed E-state index contributed by atoms with van der Waals surface area (Å²) >= 11 is 3.59. The molecule has 0 saturated heterocycles. The number of fused-ring (bicyclic) bond motifs is 1. The largest absolute Gasteiger partial charge is 0.443 e. The fourth-order valence-electron chi connectivity index (χ4n) is 1.94. The quantitative estimate of drug-likeness (QED) is 0.697. The molecule has 0 bridgehead atoms. The minimum atomic E-state index is -0.495. The van der Waals surface area contributed by atoms with Crippen molar-refractivity contribution >= 4 is 32.9 Å². The van der Waals surface area contributed by atoms with Crippen molar-refractivity contribution < 1.29 is 9.53 Å². The van der Waals surface area contributed by atoms with Gasteiger partial charge in [0.05, 0.1) is 5.52 Å². The van der Waals surface area contributed by atoms with E-state index in [2.05, 4.69) is 22.9 Å². The van der Waals surface area contributed by atoms with E-state index < -0.39 is 5.60 Å². The van der Waals surface area contributed by atoms with Gasteiger partial charge in [-0.25, -0.2) is 4.79 Å². The summed E-state index contributed by atoms with van der Waals surface area (Å²) in [6, 6.07) is 3.94. The van der Waals surface area contributed by atoms with Crippen LogP contribution in [0.15, 0.2) is 22.8 Å². The molecule has 0 fully saturated rings. The Balaban J connectivity index is 2.55. The van der Waals surface area contributed by atoms with Crippen LogP contribution < -0.4 is 0 Å². The van der Waals surface area contributed by atoms with Crippen molar-refractivity contribution in [3.8, 4) is 0 Å². The lowest BCUT2D eigenvalue weighted by molar-refractivity contribution is 0.0544. The molecule has 0 saturated carbocycles. The second-order valence-corrected chi connectivity index (χ2v) is 6.52. The maximum atomic E-state index is 12.2. The lowest BCUT2D eigenvalue weighted by Gasteiger charge is -2.20. The van der Waals surface area contributed by atoms with Crippen molar-refractivity contribution in [2.75, 3.05) is 0 Å². The molecule has 19 heavy (non-hydrogen) atoms. The number of hydrogen-bond donors (Lipinski definition) is 0. The minimum absolute atomic E-state index is 0.349. The van der Waals surface area contributed by atoms with Gasteiger partial charge >= 0.3 is 6.09 Å². The normalized spacial score (nSPS) is 11.9. The first-order valence-electron chi connectivity index (χ1n) is 6.21. The van der Waals surface area contributed by atoms with Gasteiger partial charge in [0, 0.05) is 16.1 Å². The molecule has 0 N–H and O–H groups in total. The monoisotopic (exact) mass is 323 g/mol. The third kappa shape index (κ3) is 2.68. The topological polar surface area (TPSA) is 31.2 Å². The number of benzene rings is 1. The average Bonchev–Trinajstić information content (AvgIpc) is 2.67. The number of carbonyl (C=O) groups is 1. The molecule has 0 aliphatic carbocycles. The summed E-state index contributed by atoms with van der Waals surface area (Å²) < 4.78 is 7.99. The molecule has 102 valence electrons. The van der Waals surface area contributed by atoms with E-state index in [0.717, 1.165) is 20.9 Å². The lowest BCUT2D eigenvalue weighted by Crippen LogP contribution is -2.26. The van der Waals surface area contributed by atoms with Gasteiger partial charge in [-0.05, 0) is 73.8 Å². The highest BCUT2D eigenvalue weighted by Gasteiger charge is 2.20. The summed E-state index contributed by atoms with van der Waals surface area (Å²) in [5.74, 6) is 0. The van der Waals surface area contributed by atoms with E-state index in [1.807, 2.05) is 39.8 Å². The molecule has 1 heterocycles. The number of halogens is 1. The third-order valence-corrected chi connectivity index (χ3v) is 4.05. The second-order valence-electron chi connectivity index (χ2n) is 5.73. The predicted molar refractivity (Wildman–Crippen MR) is 80.7 cm³/mol. The van der Waals surface area contributed by atoms with Crippen molar-refractivity contribution in [1.82, 2.24) is 4.57 Å². The highest BCUT2D eigenvalue weighted by atomic mass is 79.9.